The fourth-order valence-corrected chi connectivity index (χ4v) is 2.78. The predicted octanol–water partition coefficient (Wildman–Crippen LogP) is 3.20. The molecule has 2 saturated carbocycles. The third kappa shape index (κ3) is 2.73. The van der Waals surface area contributed by atoms with Crippen LogP contribution in [0.15, 0.2) is 0 Å². The topological polar surface area (TPSA) is 12.0 Å². The van der Waals surface area contributed by atoms with E-state index in [9.17, 15) is 0 Å². The summed E-state index contributed by atoms with van der Waals surface area (Å²) in [5, 5.41) is 3.67. The smallest absolute Gasteiger partial charge is 0.00151 e. The Labute approximate surface area is 88.7 Å². The summed E-state index contributed by atoms with van der Waals surface area (Å²) < 4.78 is 0. The van der Waals surface area contributed by atoms with Crippen molar-refractivity contribution in [3.05, 3.63) is 0 Å². The first kappa shape index (κ1) is 10.5. The molecule has 0 bridgehead atoms. The first-order chi connectivity index (χ1) is 6.68. The Morgan fingerprint density at radius 2 is 1.71 bits per heavy atom. The molecule has 0 heterocycles. The molecule has 82 valence electrons. The van der Waals surface area contributed by atoms with Crippen LogP contribution in [0.5, 0.6) is 0 Å². The maximum absolute atomic E-state index is 3.67. The van der Waals surface area contributed by atoms with E-state index in [0.29, 0.717) is 5.41 Å². The van der Waals surface area contributed by atoms with Crippen molar-refractivity contribution < 1.29 is 0 Å². The molecule has 1 heteroatoms. The molecule has 2 aliphatic rings. The monoisotopic (exact) mass is 195 g/mol. The van der Waals surface area contributed by atoms with E-state index in [0.717, 1.165) is 11.8 Å². The highest BCUT2D eigenvalue weighted by atomic mass is 14.9. The molecular formula is C13H25N. The van der Waals surface area contributed by atoms with Crippen molar-refractivity contribution >= 4 is 0 Å². The maximum atomic E-state index is 3.67. The van der Waals surface area contributed by atoms with Crippen LogP contribution in [0.25, 0.3) is 0 Å². The average Bonchev–Trinajstić information content (AvgIpc) is 2.76. The molecule has 2 fully saturated rings. The highest BCUT2D eigenvalue weighted by Gasteiger charge is 2.44. The molecule has 0 amide bonds. The second kappa shape index (κ2) is 4.22. The van der Waals surface area contributed by atoms with E-state index in [4.69, 9.17) is 0 Å². The molecule has 2 rings (SSSR count). The molecule has 1 nitrogen and oxygen atoms in total. The Hall–Kier alpha value is -0.0400. The van der Waals surface area contributed by atoms with Crippen molar-refractivity contribution in [1.82, 2.24) is 5.32 Å². The number of hydrogen-bond acceptors (Lipinski definition) is 1. The van der Waals surface area contributed by atoms with Crippen molar-refractivity contribution in [3.8, 4) is 0 Å². The Morgan fingerprint density at radius 3 is 2.29 bits per heavy atom. The SMILES string of the molecule is CC1(C)CC1CNCC1CCCCC1. The molecular weight excluding hydrogens is 170 g/mol. The number of nitrogens with one attached hydrogen (secondary N) is 1. The third-order valence-corrected chi connectivity index (χ3v) is 4.27. The lowest BCUT2D eigenvalue weighted by atomic mass is 9.89. The van der Waals surface area contributed by atoms with Crippen LogP contribution in [0.3, 0.4) is 0 Å². The highest BCUT2D eigenvalue weighted by molar-refractivity contribution is 4.96. The van der Waals surface area contributed by atoms with Crippen LogP contribution in [-0.2, 0) is 0 Å². The molecule has 2 aliphatic carbocycles. The predicted molar refractivity (Wildman–Crippen MR) is 61.3 cm³/mol. The van der Waals surface area contributed by atoms with Crippen LogP contribution in [0.2, 0.25) is 0 Å². The Bertz CT molecular complexity index is 180. The molecule has 1 atom stereocenters. The van der Waals surface area contributed by atoms with E-state index in [1.165, 1.54) is 51.6 Å². The molecule has 0 radical (unpaired) electrons. The molecule has 14 heavy (non-hydrogen) atoms. The summed E-state index contributed by atoms with van der Waals surface area (Å²) in [4.78, 5) is 0. The fraction of sp³-hybridized carbons (Fsp3) is 1.00. The first-order valence-corrected chi connectivity index (χ1v) is 6.39. The van der Waals surface area contributed by atoms with Gasteiger partial charge in [0.1, 0.15) is 0 Å². The Balaban J connectivity index is 1.54. The molecule has 0 aromatic carbocycles. The fourth-order valence-electron chi connectivity index (χ4n) is 2.78. The molecule has 1 unspecified atom stereocenters. The van der Waals surface area contributed by atoms with Gasteiger partial charge < -0.3 is 5.32 Å². The third-order valence-electron chi connectivity index (χ3n) is 4.27. The van der Waals surface area contributed by atoms with Crippen molar-refractivity contribution in [2.45, 2.75) is 52.4 Å². The van der Waals surface area contributed by atoms with E-state index in [2.05, 4.69) is 19.2 Å². The van der Waals surface area contributed by atoms with E-state index in [1.807, 2.05) is 0 Å². The van der Waals surface area contributed by atoms with Crippen LogP contribution in [0, 0.1) is 17.3 Å². The molecule has 0 aromatic rings. The summed E-state index contributed by atoms with van der Waals surface area (Å²) in [6, 6.07) is 0. The summed E-state index contributed by atoms with van der Waals surface area (Å²) >= 11 is 0. The van der Waals surface area contributed by atoms with Crippen LogP contribution in [0.4, 0.5) is 0 Å². The van der Waals surface area contributed by atoms with Crippen molar-refractivity contribution in [3.63, 3.8) is 0 Å². The molecule has 1 N–H and O–H groups in total. The van der Waals surface area contributed by atoms with Crippen LogP contribution >= 0.6 is 0 Å². The largest absolute Gasteiger partial charge is 0.316 e. The van der Waals surface area contributed by atoms with Crippen LogP contribution in [0.1, 0.15) is 52.4 Å². The Kier molecular flexibility index (Phi) is 3.16. The van der Waals surface area contributed by atoms with Crippen molar-refractivity contribution in [2.24, 2.45) is 17.3 Å². The summed E-state index contributed by atoms with van der Waals surface area (Å²) in [7, 11) is 0. The standard InChI is InChI=1S/C13H25N/c1-13(2)8-12(13)10-14-9-11-6-4-3-5-7-11/h11-12,14H,3-10H2,1-2H3. The lowest BCUT2D eigenvalue weighted by molar-refractivity contribution is 0.338. The lowest BCUT2D eigenvalue weighted by Crippen LogP contribution is -2.26. The molecule has 0 aliphatic heterocycles. The van der Waals surface area contributed by atoms with E-state index in [1.54, 1.807) is 0 Å². The van der Waals surface area contributed by atoms with E-state index < -0.39 is 0 Å². The van der Waals surface area contributed by atoms with Gasteiger partial charge in [-0.1, -0.05) is 33.1 Å². The highest BCUT2D eigenvalue weighted by Crippen LogP contribution is 2.50. The normalized spacial score (nSPS) is 31.7. The van der Waals surface area contributed by atoms with Gasteiger partial charge in [0.2, 0.25) is 0 Å². The minimum absolute atomic E-state index is 0.652. The van der Waals surface area contributed by atoms with Crippen LogP contribution in [-0.4, -0.2) is 13.1 Å². The van der Waals surface area contributed by atoms with Gasteiger partial charge in [-0.25, -0.2) is 0 Å². The summed E-state index contributed by atoms with van der Waals surface area (Å²) in [6.07, 6.45) is 8.81. The zero-order valence-electron chi connectivity index (χ0n) is 9.81. The quantitative estimate of drug-likeness (QED) is 0.726. The van der Waals surface area contributed by atoms with Gasteiger partial charge in [-0.3, -0.25) is 0 Å². The second-order valence-electron chi connectivity index (χ2n) is 6.05. The summed E-state index contributed by atoms with van der Waals surface area (Å²) in [6.45, 7) is 7.33. The van der Waals surface area contributed by atoms with Gasteiger partial charge in [-0.15, -0.1) is 0 Å². The number of hydrogen-bond donors (Lipinski definition) is 1. The average molecular weight is 195 g/mol. The van der Waals surface area contributed by atoms with E-state index >= 15 is 0 Å². The van der Waals surface area contributed by atoms with Gasteiger partial charge in [0.25, 0.3) is 0 Å². The minimum atomic E-state index is 0.652. The van der Waals surface area contributed by atoms with Gasteiger partial charge in [0.05, 0.1) is 0 Å². The maximum Gasteiger partial charge on any atom is -0.00151 e. The number of rotatable bonds is 4. The van der Waals surface area contributed by atoms with Crippen LogP contribution < -0.4 is 5.32 Å². The first-order valence-electron chi connectivity index (χ1n) is 6.39. The van der Waals surface area contributed by atoms with Gasteiger partial charge in [-0.05, 0) is 49.6 Å². The zero-order valence-corrected chi connectivity index (χ0v) is 9.81. The van der Waals surface area contributed by atoms with Gasteiger partial charge >= 0.3 is 0 Å². The van der Waals surface area contributed by atoms with Crippen molar-refractivity contribution in [1.29, 1.82) is 0 Å². The van der Waals surface area contributed by atoms with Gasteiger partial charge in [0.15, 0.2) is 0 Å². The molecule has 0 aromatic heterocycles. The molecule has 0 saturated heterocycles. The second-order valence-corrected chi connectivity index (χ2v) is 6.05. The summed E-state index contributed by atoms with van der Waals surface area (Å²) in [5.74, 6) is 1.96. The minimum Gasteiger partial charge on any atom is -0.316 e. The Morgan fingerprint density at radius 1 is 1.07 bits per heavy atom. The lowest BCUT2D eigenvalue weighted by Gasteiger charge is -2.21. The summed E-state index contributed by atoms with van der Waals surface area (Å²) in [5.41, 5.74) is 0.652. The van der Waals surface area contributed by atoms with Gasteiger partial charge in [0, 0.05) is 0 Å². The molecule has 0 spiro atoms. The van der Waals surface area contributed by atoms with Crippen molar-refractivity contribution in [2.75, 3.05) is 13.1 Å². The zero-order chi connectivity index (χ0) is 10.0. The van der Waals surface area contributed by atoms with Gasteiger partial charge in [-0.2, -0.15) is 0 Å². The van der Waals surface area contributed by atoms with E-state index in [-0.39, 0.29) is 0 Å².